The van der Waals surface area contributed by atoms with Crippen LogP contribution < -0.4 is 0 Å². The molecule has 2 aliphatic heterocycles. The van der Waals surface area contributed by atoms with Gasteiger partial charge in [0.1, 0.15) is 5.60 Å². The fourth-order valence-corrected chi connectivity index (χ4v) is 5.67. The number of hydrogen-bond acceptors (Lipinski definition) is 3. The molecule has 0 spiro atoms. The van der Waals surface area contributed by atoms with Gasteiger partial charge in [0.15, 0.2) is 0 Å². The minimum absolute atomic E-state index is 0.0632. The number of rotatable bonds is 4. The van der Waals surface area contributed by atoms with Crippen LogP contribution in [0.25, 0.3) is 10.9 Å². The molecular weight excluding hydrogens is 382 g/mol. The van der Waals surface area contributed by atoms with Crippen molar-refractivity contribution in [1.29, 1.82) is 0 Å². The summed E-state index contributed by atoms with van der Waals surface area (Å²) < 4.78 is 2.37. The molecule has 4 nitrogen and oxygen atoms in total. The highest BCUT2D eigenvalue weighted by molar-refractivity contribution is 6.31. The molecule has 1 saturated heterocycles. The topological polar surface area (TPSA) is 41.3 Å². The van der Waals surface area contributed by atoms with Gasteiger partial charge >= 0.3 is 0 Å². The van der Waals surface area contributed by atoms with E-state index in [1.54, 1.807) is 12.4 Å². The highest BCUT2D eigenvalue weighted by Gasteiger charge is 2.42. The molecule has 152 valence electrons. The zero-order valence-electron chi connectivity index (χ0n) is 17.3. The van der Waals surface area contributed by atoms with Gasteiger partial charge in [-0.05, 0) is 67.3 Å². The van der Waals surface area contributed by atoms with E-state index in [2.05, 4.69) is 47.5 Å². The first-order chi connectivity index (χ1) is 13.9. The first-order valence-electron chi connectivity index (χ1n) is 10.6. The summed E-state index contributed by atoms with van der Waals surface area (Å²) >= 11 is 6.41. The molecular formula is C24H28ClN3O. The van der Waals surface area contributed by atoms with Gasteiger partial charge in [-0.3, -0.25) is 9.88 Å². The highest BCUT2D eigenvalue weighted by atomic mass is 35.5. The van der Waals surface area contributed by atoms with E-state index in [1.807, 2.05) is 18.2 Å². The molecule has 0 saturated carbocycles. The second-order valence-electron chi connectivity index (χ2n) is 9.04. The molecule has 0 amide bonds. The van der Waals surface area contributed by atoms with Crippen molar-refractivity contribution in [2.75, 3.05) is 7.05 Å². The van der Waals surface area contributed by atoms with E-state index in [1.165, 1.54) is 35.0 Å². The summed E-state index contributed by atoms with van der Waals surface area (Å²) in [5, 5.41) is 13.9. The van der Waals surface area contributed by atoms with Crippen LogP contribution >= 0.6 is 11.6 Å². The maximum absolute atomic E-state index is 11.9. The largest absolute Gasteiger partial charge is 0.383 e. The minimum atomic E-state index is -0.968. The standard InChI is InChI=1S/C24H28ClN3O/c1-15(2)24(29,16-8-10-26-11-9-16)14-28-20-6-4-17(25)12-19(20)23-21-7-5-18(27(21)3)13-22(23)28/h4,6,8-12,15,18,21,29H,5,7,13-14H2,1-3H3. The summed E-state index contributed by atoms with van der Waals surface area (Å²) in [6.45, 7) is 4.71. The van der Waals surface area contributed by atoms with Crippen LogP contribution in [0.3, 0.4) is 0 Å². The molecule has 3 atom stereocenters. The molecule has 0 aliphatic carbocycles. The number of nitrogens with zero attached hydrogens (tertiary/aromatic N) is 3. The molecule has 2 aliphatic rings. The van der Waals surface area contributed by atoms with Crippen LogP contribution in [0.2, 0.25) is 5.02 Å². The van der Waals surface area contributed by atoms with Gasteiger partial charge < -0.3 is 9.67 Å². The number of aliphatic hydroxyl groups is 1. The summed E-state index contributed by atoms with van der Waals surface area (Å²) in [4.78, 5) is 6.68. The average molecular weight is 410 g/mol. The number of hydrogen-bond donors (Lipinski definition) is 1. The van der Waals surface area contributed by atoms with E-state index in [4.69, 9.17) is 11.6 Å². The maximum Gasteiger partial charge on any atom is 0.110 e. The lowest BCUT2D eigenvalue weighted by Gasteiger charge is -2.36. The van der Waals surface area contributed by atoms with E-state index in [9.17, 15) is 5.11 Å². The van der Waals surface area contributed by atoms with Gasteiger partial charge in [-0.2, -0.15) is 0 Å². The van der Waals surface area contributed by atoms with Gasteiger partial charge in [-0.25, -0.2) is 0 Å². The van der Waals surface area contributed by atoms with Crippen LogP contribution in [0.5, 0.6) is 0 Å². The predicted molar refractivity (Wildman–Crippen MR) is 117 cm³/mol. The summed E-state index contributed by atoms with van der Waals surface area (Å²) in [6, 6.07) is 11.1. The predicted octanol–water partition coefficient (Wildman–Crippen LogP) is 4.92. The van der Waals surface area contributed by atoms with E-state index in [-0.39, 0.29) is 5.92 Å². The zero-order valence-corrected chi connectivity index (χ0v) is 18.0. The third-order valence-electron chi connectivity index (χ3n) is 7.31. The van der Waals surface area contributed by atoms with Crippen LogP contribution in [0, 0.1) is 5.92 Å². The van der Waals surface area contributed by atoms with Crippen LogP contribution in [0.15, 0.2) is 42.7 Å². The van der Waals surface area contributed by atoms with E-state index in [0.29, 0.717) is 18.6 Å². The van der Waals surface area contributed by atoms with Crippen molar-refractivity contribution in [3.8, 4) is 0 Å². The Labute approximate surface area is 177 Å². The van der Waals surface area contributed by atoms with E-state index in [0.717, 1.165) is 17.0 Å². The van der Waals surface area contributed by atoms with Crippen LogP contribution in [-0.2, 0) is 18.6 Å². The Morgan fingerprint density at radius 3 is 2.69 bits per heavy atom. The lowest BCUT2D eigenvalue weighted by atomic mass is 9.83. The van der Waals surface area contributed by atoms with Crippen molar-refractivity contribution in [1.82, 2.24) is 14.5 Å². The third kappa shape index (κ3) is 2.84. The van der Waals surface area contributed by atoms with Gasteiger partial charge in [-0.1, -0.05) is 25.4 Å². The fraction of sp³-hybridized carbons (Fsp3) is 0.458. The van der Waals surface area contributed by atoms with Gasteiger partial charge in [0.25, 0.3) is 0 Å². The van der Waals surface area contributed by atoms with Crippen molar-refractivity contribution in [2.24, 2.45) is 5.92 Å². The fourth-order valence-electron chi connectivity index (χ4n) is 5.50. The van der Waals surface area contributed by atoms with Crippen molar-refractivity contribution in [2.45, 2.75) is 57.3 Å². The SMILES string of the molecule is CC(C)C(O)(Cn1c2c(c3cc(Cl)ccc31)C1CCC(C2)N1C)c1ccncc1. The van der Waals surface area contributed by atoms with Crippen molar-refractivity contribution >= 4 is 22.5 Å². The molecule has 5 heteroatoms. The lowest BCUT2D eigenvalue weighted by Crippen LogP contribution is -2.39. The summed E-state index contributed by atoms with van der Waals surface area (Å²) in [6.07, 6.45) is 6.98. The summed E-state index contributed by atoms with van der Waals surface area (Å²) in [5.41, 5.74) is 3.92. The molecule has 3 aromatic rings. The molecule has 1 aromatic carbocycles. The average Bonchev–Trinajstić information content (AvgIpc) is 3.12. The monoisotopic (exact) mass is 409 g/mol. The van der Waals surface area contributed by atoms with Gasteiger partial charge in [0, 0.05) is 52.5 Å². The van der Waals surface area contributed by atoms with Crippen molar-refractivity contribution in [3.05, 3.63) is 64.6 Å². The minimum Gasteiger partial charge on any atom is -0.383 e. The molecule has 5 rings (SSSR count). The van der Waals surface area contributed by atoms with Crippen LogP contribution in [0.4, 0.5) is 0 Å². The Kier molecular flexibility index (Phi) is 4.50. The Morgan fingerprint density at radius 2 is 1.97 bits per heavy atom. The normalized spacial score (nSPS) is 23.5. The Morgan fingerprint density at radius 1 is 1.21 bits per heavy atom. The molecule has 0 radical (unpaired) electrons. The third-order valence-corrected chi connectivity index (χ3v) is 7.55. The molecule has 2 bridgehead atoms. The zero-order chi connectivity index (χ0) is 20.3. The van der Waals surface area contributed by atoms with Gasteiger partial charge in [-0.15, -0.1) is 0 Å². The summed E-state index contributed by atoms with van der Waals surface area (Å²) in [7, 11) is 2.25. The van der Waals surface area contributed by atoms with Gasteiger partial charge in [0.05, 0.1) is 6.54 Å². The smallest absolute Gasteiger partial charge is 0.110 e. The van der Waals surface area contributed by atoms with Gasteiger partial charge in [0.2, 0.25) is 0 Å². The van der Waals surface area contributed by atoms with E-state index < -0.39 is 5.60 Å². The quantitative estimate of drug-likeness (QED) is 0.664. The number of fused-ring (bicyclic) bond motifs is 6. The first-order valence-corrected chi connectivity index (χ1v) is 10.9. The Balaban J connectivity index is 1.71. The second-order valence-corrected chi connectivity index (χ2v) is 9.48. The molecule has 4 heterocycles. The van der Waals surface area contributed by atoms with Crippen LogP contribution in [0.1, 0.15) is 49.6 Å². The maximum atomic E-state index is 11.9. The molecule has 29 heavy (non-hydrogen) atoms. The number of halogens is 1. The Bertz CT molecular complexity index is 1060. The van der Waals surface area contributed by atoms with Crippen LogP contribution in [-0.4, -0.2) is 32.6 Å². The molecule has 1 N–H and O–H groups in total. The number of likely N-dealkylation sites (N-methyl/N-ethyl adjacent to an activating group) is 1. The number of benzene rings is 1. The second kappa shape index (κ2) is 6.83. The van der Waals surface area contributed by atoms with Crippen molar-refractivity contribution < 1.29 is 5.11 Å². The highest BCUT2D eigenvalue weighted by Crippen LogP contribution is 2.48. The molecule has 3 unspecified atom stereocenters. The van der Waals surface area contributed by atoms with E-state index >= 15 is 0 Å². The van der Waals surface area contributed by atoms with Crippen molar-refractivity contribution in [3.63, 3.8) is 0 Å². The molecule has 2 aromatic heterocycles. The molecule has 1 fully saturated rings. The number of aromatic nitrogens is 2. The lowest BCUT2D eigenvalue weighted by molar-refractivity contribution is -0.0264. The Hall–Kier alpha value is -1.88. The summed E-state index contributed by atoms with van der Waals surface area (Å²) in [5.74, 6) is 0.0632. The number of pyridine rings is 1. The first kappa shape index (κ1) is 19.1.